The number of pyridine rings is 1. The minimum absolute atomic E-state index is 0.208. The van der Waals surface area contributed by atoms with Gasteiger partial charge in [0, 0.05) is 33.1 Å². The maximum Gasteiger partial charge on any atom is 0.160 e. The fraction of sp³-hybridized carbons (Fsp3) is 0.0682. The molecule has 0 aliphatic heterocycles. The first kappa shape index (κ1) is 27.4. The first-order valence-electron chi connectivity index (χ1n) is 16.1. The molecule has 0 spiro atoms. The predicted molar refractivity (Wildman–Crippen MR) is 194 cm³/mol. The Morgan fingerprint density at radius 1 is 0.489 bits per heavy atom. The largest absolute Gasteiger partial charge is 0.247 e. The van der Waals surface area contributed by atoms with Crippen LogP contribution in [0.5, 0.6) is 0 Å². The van der Waals surface area contributed by atoms with Crippen molar-refractivity contribution in [2.45, 2.75) is 19.3 Å². The van der Waals surface area contributed by atoms with Crippen molar-refractivity contribution in [1.29, 1.82) is 0 Å². The zero-order valence-corrected chi connectivity index (χ0v) is 26.3. The lowest BCUT2D eigenvalue weighted by Gasteiger charge is -2.25. The summed E-state index contributed by atoms with van der Waals surface area (Å²) in [5.74, 6) is 0.718. The van der Waals surface area contributed by atoms with Gasteiger partial charge in [0.05, 0.1) is 22.6 Å². The molecule has 0 radical (unpaired) electrons. The van der Waals surface area contributed by atoms with E-state index in [0.717, 1.165) is 45.1 Å². The molecule has 222 valence electrons. The van der Waals surface area contributed by atoms with E-state index in [1.54, 1.807) is 0 Å². The SMILES string of the molecule is CC1(C)c2ccccc2-c2nc3ccc4ccccc4c3c(-c3ccc(-c4cc(-c5ccccc5)nc(-c5ccccc5)n4)cc3)c21. The Kier molecular flexibility index (Phi) is 6.16. The predicted octanol–water partition coefficient (Wildman–Crippen LogP) is 11.2. The Bertz CT molecular complexity index is 2410. The molecule has 1 aliphatic carbocycles. The summed E-state index contributed by atoms with van der Waals surface area (Å²) >= 11 is 0. The van der Waals surface area contributed by atoms with E-state index in [4.69, 9.17) is 15.0 Å². The average Bonchev–Trinajstić information content (AvgIpc) is 3.37. The summed E-state index contributed by atoms with van der Waals surface area (Å²) in [4.78, 5) is 15.4. The molecule has 0 N–H and O–H groups in total. The highest BCUT2D eigenvalue weighted by atomic mass is 14.9. The topological polar surface area (TPSA) is 38.7 Å². The maximum atomic E-state index is 5.35. The number of fused-ring (bicyclic) bond motifs is 6. The summed E-state index contributed by atoms with van der Waals surface area (Å²) in [7, 11) is 0. The van der Waals surface area contributed by atoms with Gasteiger partial charge in [0.25, 0.3) is 0 Å². The highest BCUT2D eigenvalue weighted by Crippen LogP contribution is 2.54. The first-order valence-corrected chi connectivity index (χ1v) is 16.1. The molecule has 0 unspecified atom stereocenters. The Balaban J connectivity index is 1.26. The summed E-state index contributed by atoms with van der Waals surface area (Å²) < 4.78 is 0. The smallest absolute Gasteiger partial charge is 0.160 e. The van der Waals surface area contributed by atoms with Crippen LogP contribution in [0.1, 0.15) is 25.0 Å². The fourth-order valence-electron chi connectivity index (χ4n) is 7.37. The van der Waals surface area contributed by atoms with Crippen LogP contribution in [-0.4, -0.2) is 15.0 Å². The van der Waals surface area contributed by atoms with Crippen LogP contribution < -0.4 is 0 Å². The van der Waals surface area contributed by atoms with E-state index in [9.17, 15) is 0 Å². The van der Waals surface area contributed by atoms with Crippen molar-refractivity contribution in [1.82, 2.24) is 15.0 Å². The standard InChI is InChI=1S/C44H31N3/c1-44(2)35-20-12-11-19-34(35)42-41(44)39(40-33-18-10-9-13-28(33)25-26-36(40)45-42)31-23-21-30(22-24-31)38-27-37(29-14-5-3-6-15-29)46-43(47-38)32-16-7-4-8-17-32/h3-27H,1-2H3. The Morgan fingerprint density at radius 3 is 1.83 bits per heavy atom. The van der Waals surface area contributed by atoms with E-state index >= 15 is 0 Å². The number of hydrogen-bond donors (Lipinski definition) is 0. The molecule has 0 bridgehead atoms. The van der Waals surface area contributed by atoms with Crippen LogP contribution in [0.25, 0.3) is 78.0 Å². The summed E-state index contributed by atoms with van der Waals surface area (Å²) in [5.41, 5.74) is 13.1. The van der Waals surface area contributed by atoms with E-state index in [1.165, 1.54) is 44.0 Å². The van der Waals surface area contributed by atoms with Crippen molar-refractivity contribution in [3.8, 4) is 56.3 Å². The van der Waals surface area contributed by atoms with Crippen LogP contribution in [-0.2, 0) is 5.41 Å². The lowest BCUT2D eigenvalue weighted by atomic mass is 9.78. The quantitative estimate of drug-likeness (QED) is 0.188. The Hall–Kier alpha value is -5.93. The molecular formula is C44H31N3. The minimum atomic E-state index is -0.208. The van der Waals surface area contributed by atoms with Gasteiger partial charge in [-0.3, -0.25) is 0 Å². The minimum Gasteiger partial charge on any atom is -0.247 e. The van der Waals surface area contributed by atoms with Gasteiger partial charge in [-0.15, -0.1) is 0 Å². The van der Waals surface area contributed by atoms with Gasteiger partial charge in [-0.05, 0) is 45.2 Å². The summed E-state index contributed by atoms with van der Waals surface area (Å²) in [6.07, 6.45) is 0. The third-order valence-corrected chi connectivity index (χ3v) is 9.65. The van der Waals surface area contributed by atoms with E-state index in [0.29, 0.717) is 0 Å². The number of benzene rings is 6. The molecular weight excluding hydrogens is 571 g/mol. The first-order chi connectivity index (χ1) is 23.1. The van der Waals surface area contributed by atoms with Crippen molar-refractivity contribution in [2.75, 3.05) is 0 Å². The molecule has 0 fully saturated rings. The van der Waals surface area contributed by atoms with Gasteiger partial charge >= 0.3 is 0 Å². The molecule has 0 saturated carbocycles. The van der Waals surface area contributed by atoms with E-state index < -0.39 is 0 Å². The number of hydrogen-bond acceptors (Lipinski definition) is 3. The molecule has 1 aliphatic rings. The molecule has 3 nitrogen and oxygen atoms in total. The third kappa shape index (κ3) is 4.39. The van der Waals surface area contributed by atoms with Gasteiger partial charge in [-0.1, -0.05) is 153 Å². The zero-order valence-electron chi connectivity index (χ0n) is 26.3. The third-order valence-electron chi connectivity index (χ3n) is 9.65. The van der Waals surface area contributed by atoms with E-state index in [-0.39, 0.29) is 5.41 Å². The molecule has 3 heteroatoms. The normalized spacial score (nSPS) is 13.1. The van der Waals surface area contributed by atoms with Gasteiger partial charge in [-0.25, -0.2) is 15.0 Å². The second kappa shape index (κ2) is 10.6. The average molecular weight is 602 g/mol. The molecule has 9 rings (SSSR count). The molecule has 0 atom stereocenters. The Morgan fingerprint density at radius 2 is 1.09 bits per heavy atom. The Labute approximate surface area is 274 Å². The van der Waals surface area contributed by atoms with Crippen molar-refractivity contribution < 1.29 is 0 Å². The van der Waals surface area contributed by atoms with Crippen LogP contribution >= 0.6 is 0 Å². The summed E-state index contributed by atoms with van der Waals surface area (Å²) in [5, 5.41) is 3.65. The van der Waals surface area contributed by atoms with E-state index in [2.05, 4.69) is 141 Å². The van der Waals surface area contributed by atoms with Crippen LogP contribution in [0.3, 0.4) is 0 Å². The summed E-state index contributed by atoms with van der Waals surface area (Å²) in [6, 6.07) is 53.4. The van der Waals surface area contributed by atoms with Gasteiger partial charge < -0.3 is 0 Å². The molecule has 6 aromatic carbocycles. The maximum absolute atomic E-state index is 5.35. The van der Waals surface area contributed by atoms with Gasteiger partial charge in [-0.2, -0.15) is 0 Å². The highest BCUT2D eigenvalue weighted by molar-refractivity contribution is 6.15. The second-order valence-corrected chi connectivity index (χ2v) is 12.8. The molecule has 0 amide bonds. The lowest BCUT2D eigenvalue weighted by molar-refractivity contribution is 0.662. The van der Waals surface area contributed by atoms with Crippen molar-refractivity contribution >= 4 is 21.7 Å². The molecule has 2 heterocycles. The molecule has 8 aromatic rings. The van der Waals surface area contributed by atoms with Crippen LogP contribution in [0, 0.1) is 0 Å². The van der Waals surface area contributed by atoms with Gasteiger partial charge in [0.15, 0.2) is 5.82 Å². The van der Waals surface area contributed by atoms with E-state index in [1.807, 2.05) is 24.3 Å². The van der Waals surface area contributed by atoms with Crippen LogP contribution in [0.2, 0.25) is 0 Å². The van der Waals surface area contributed by atoms with Crippen molar-refractivity contribution in [3.05, 3.63) is 163 Å². The van der Waals surface area contributed by atoms with Gasteiger partial charge in [0.1, 0.15) is 0 Å². The van der Waals surface area contributed by atoms with Crippen LogP contribution in [0.4, 0.5) is 0 Å². The van der Waals surface area contributed by atoms with Crippen molar-refractivity contribution in [2.24, 2.45) is 0 Å². The second-order valence-electron chi connectivity index (χ2n) is 12.8. The highest BCUT2D eigenvalue weighted by Gasteiger charge is 2.39. The summed E-state index contributed by atoms with van der Waals surface area (Å²) in [6.45, 7) is 4.68. The number of rotatable bonds is 4. The molecule has 47 heavy (non-hydrogen) atoms. The monoisotopic (exact) mass is 601 g/mol. The lowest BCUT2D eigenvalue weighted by Crippen LogP contribution is -2.16. The van der Waals surface area contributed by atoms with Crippen LogP contribution in [0.15, 0.2) is 152 Å². The zero-order chi connectivity index (χ0) is 31.5. The molecule has 0 saturated heterocycles. The fourth-order valence-corrected chi connectivity index (χ4v) is 7.37. The number of aromatic nitrogens is 3. The van der Waals surface area contributed by atoms with Crippen molar-refractivity contribution in [3.63, 3.8) is 0 Å². The van der Waals surface area contributed by atoms with Gasteiger partial charge in [0.2, 0.25) is 0 Å². The number of nitrogens with zero attached hydrogens (tertiary/aromatic N) is 3. The molecule has 2 aromatic heterocycles.